The Bertz CT molecular complexity index is 1270. The van der Waals surface area contributed by atoms with Crippen molar-refractivity contribution in [2.75, 3.05) is 79.9 Å². The van der Waals surface area contributed by atoms with Crippen LogP contribution in [0.1, 0.15) is 0 Å². The van der Waals surface area contributed by atoms with Gasteiger partial charge >= 0.3 is 0 Å². The fraction of sp³-hybridized carbons (Fsp3) is 0.370. The molecule has 38 heavy (non-hydrogen) atoms. The lowest BCUT2D eigenvalue weighted by Crippen LogP contribution is -2.49. The van der Waals surface area contributed by atoms with Gasteiger partial charge in [0.2, 0.25) is 5.91 Å². The number of rotatable bonds is 7. The van der Waals surface area contributed by atoms with Gasteiger partial charge in [0.05, 0.1) is 29.3 Å². The van der Waals surface area contributed by atoms with Crippen molar-refractivity contribution in [1.82, 2.24) is 14.9 Å². The number of benzene rings is 2. The summed E-state index contributed by atoms with van der Waals surface area (Å²) in [5, 5.41) is 1.65. The standard InChI is InChI=1S/C27H30Cl2N6O2S/c1-37-23-9-5-4-8-22(23)33-12-16-35(17-13-33)26(36)19-38-27-30-24(29)18-25(31-27)34-14-10-32(11-15-34)21-7-3-2-6-20(21)28/h2-9,18H,10-17,19H2,1H3. The number of methoxy groups -OCH3 is 1. The zero-order chi connectivity index (χ0) is 26.5. The van der Waals surface area contributed by atoms with Gasteiger partial charge in [-0.2, -0.15) is 0 Å². The summed E-state index contributed by atoms with van der Waals surface area (Å²) >= 11 is 14.1. The molecule has 0 N–H and O–H groups in total. The average molecular weight is 574 g/mol. The minimum atomic E-state index is 0.0770. The number of para-hydroxylation sites is 3. The Kier molecular flexibility index (Phi) is 8.66. The fourth-order valence-corrected chi connectivity index (χ4v) is 6.04. The molecule has 0 aliphatic carbocycles. The van der Waals surface area contributed by atoms with E-state index >= 15 is 0 Å². The molecule has 1 amide bonds. The van der Waals surface area contributed by atoms with Crippen molar-refractivity contribution >= 4 is 58.1 Å². The minimum absolute atomic E-state index is 0.0770. The van der Waals surface area contributed by atoms with Crippen LogP contribution in [0.5, 0.6) is 5.75 Å². The number of aromatic nitrogens is 2. The highest BCUT2D eigenvalue weighted by atomic mass is 35.5. The van der Waals surface area contributed by atoms with E-state index in [1.54, 1.807) is 13.2 Å². The summed E-state index contributed by atoms with van der Waals surface area (Å²) < 4.78 is 5.49. The van der Waals surface area contributed by atoms with Crippen LogP contribution in [0.4, 0.5) is 17.2 Å². The Balaban J connectivity index is 1.14. The van der Waals surface area contributed by atoms with E-state index in [0.717, 1.165) is 67.2 Å². The van der Waals surface area contributed by atoms with Crippen LogP contribution in [0.15, 0.2) is 59.8 Å². The van der Waals surface area contributed by atoms with E-state index in [0.29, 0.717) is 23.4 Å². The second kappa shape index (κ2) is 12.3. The molecule has 3 heterocycles. The van der Waals surface area contributed by atoms with Gasteiger partial charge in [-0.3, -0.25) is 4.79 Å². The van der Waals surface area contributed by atoms with Gasteiger partial charge in [-0.1, -0.05) is 59.2 Å². The van der Waals surface area contributed by atoms with E-state index in [9.17, 15) is 4.79 Å². The second-order valence-corrected chi connectivity index (χ2v) is 10.8. The Hall–Kier alpha value is -2.88. The molecule has 0 radical (unpaired) electrons. The summed E-state index contributed by atoms with van der Waals surface area (Å²) in [6, 6.07) is 17.7. The van der Waals surface area contributed by atoms with Gasteiger partial charge in [0.1, 0.15) is 16.7 Å². The third-order valence-corrected chi connectivity index (χ3v) is 8.19. The number of carbonyl (C=O) groups is 1. The van der Waals surface area contributed by atoms with Crippen LogP contribution in [0.2, 0.25) is 10.2 Å². The van der Waals surface area contributed by atoms with E-state index in [-0.39, 0.29) is 11.7 Å². The molecule has 2 saturated heterocycles. The summed E-state index contributed by atoms with van der Waals surface area (Å²) in [7, 11) is 1.68. The van der Waals surface area contributed by atoms with Crippen LogP contribution in [0.3, 0.4) is 0 Å². The van der Waals surface area contributed by atoms with Gasteiger partial charge in [-0.25, -0.2) is 9.97 Å². The molecule has 0 saturated carbocycles. The minimum Gasteiger partial charge on any atom is -0.495 e. The fourth-order valence-electron chi connectivity index (χ4n) is 4.80. The Morgan fingerprint density at radius 1 is 0.842 bits per heavy atom. The Morgan fingerprint density at radius 3 is 2.16 bits per heavy atom. The van der Waals surface area contributed by atoms with Gasteiger partial charge < -0.3 is 24.3 Å². The first-order valence-corrected chi connectivity index (χ1v) is 14.3. The largest absolute Gasteiger partial charge is 0.495 e. The van der Waals surface area contributed by atoms with E-state index < -0.39 is 0 Å². The SMILES string of the molecule is COc1ccccc1N1CCN(C(=O)CSc2nc(Cl)cc(N3CCN(c4ccccc4Cl)CC3)n2)CC1. The molecular weight excluding hydrogens is 543 g/mol. The average Bonchev–Trinajstić information content (AvgIpc) is 2.96. The highest BCUT2D eigenvalue weighted by Crippen LogP contribution is 2.30. The van der Waals surface area contributed by atoms with Gasteiger partial charge in [-0.15, -0.1) is 0 Å². The third-order valence-electron chi connectivity index (χ3n) is 6.84. The number of halogens is 2. The lowest BCUT2D eigenvalue weighted by Gasteiger charge is -2.37. The molecule has 0 atom stereocenters. The lowest BCUT2D eigenvalue weighted by atomic mass is 10.2. The van der Waals surface area contributed by atoms with Crippen LogP contribution >= 0.6 is 35.0 Å². The van der Waals surface area contributed by atoms with Crippen LogP contribution in [0, 0.1) is 0 Å². The maximum Gasteiger partial charge on any atom is 0.233 e. The first-order chi connectivity index (χ1) is 18.5. The zero-order valence-electron chi connectivity index (χ0n) is 21.2. The number of thioether (sulfide) groups is 1. The molecule has 2 aromatic carbocycles. The number of anilines is 3. The summed E-state index contributed by atoms with van der Waals surface area (Å²) in [5.41, 5.74) is 2.11. The number of piperazine rings is 2. The molecule has 1 aromatic heterocycles. The molecule has 5 rings (SSSR count). The van der Waals surface area contributed by atoms with Gasteiger partial charge in [0.15, 0.2) is 5.16 Å². The van der Waals surface area contributed by atoms with Crippen molar-refractivity contribution in [1.29, 1.82) is 0 Å². The van der Waals surface area contributed by atoms with Crippen molar-refractivity contribution in [2.45, 2.75) is 5.16 Å². The zero-order valence-corrected chi connectivity index (χ0v) is 23.6. The molecule has 11 heteroatoms. The molecule has 8 nitrogen and oxygen atoms in total. The smallest absolute Gasteiger partial charge is 0.233 e. The highest BCUT2D eigenvalue weighted by Gasteiger charge is 2.24. The molecule has 0 bridgehead atoms. The predicted molar refractivity (Wildman–Crippen MR) is 155 cm³/mol. The topological polar surface area (TPSA) is 65.0 Å². The van der Waals surface area contributed by atoms with Crippen molar-refractivity contribution < 1.29 is 9.53 Å². The number of hydrogen-bond acceptors (Lipinski definition) is 8. The summed E-state index contributed by atoms with van der Waals surface area (Å²) in [6.07, 6.45) is 0. The third kappa shape index (κ3) is 6.22. The first-order valence-electron chi connectivity index (χ1n) is 12.6. The van der Waals surface area contributed by atoms with E-state index in [1.807, 2.05) is 47.4 Å². The monoisotopic (exact) mass is 572 g/mol. The quantitative estimate of drug-likeness (QED) is 0.232. The van der Waals surface area contributed by atoms with Crippen molar-refractivity contribution in [3.63, 3.8) is 0 Å². The molecule has 0 spiro atoms. The number of amides is 1. The molecule has 3 aromatic rings. The second-order valence-electron chi connectivity index (χ2n) is 9.09. The van der Waals surface area contributed by atoms with Crippen LogP contribution in [0.25, 0.3) is 0 Å². The Labute approximate surface area is 237 Å². The van der Waals surface area contributed by atoms with Crippen molar-refractivity contribution in [2.24, 2.45) is 0 Å². The maximum absolute atomic E-state index is 13.0. The van der Waals surface area contributed by atoms with Crippen LogP contribution in [-0.2, 0) is 4.79 Å². The molecule has 0 unspecified atom stereocenters. The molecular formula is C27H30Cl2N6O2S. The summed E-state index contributed by atoms with van der Waals surface area (Å²) in [4.78, 5) is 30.7. The molecule has 200 valence electrons. The summed E-state index contributed by atoms with van der Waals surface area (Å²) in [5.74, 6) is 1.98. The van der Waals surface area contributed by atoms with Gasteiger partial charge in [-0.05, 0) is 24.3 Å². The first kappa shape index (κ1) is 26.7. The predicted octanol–water partition coefficient (Wildman–Crippen LogP) is 4.56. The molecule has 2 fully saturated rings. The molecule has 2 aliphatic rings. The van der Waals surface area contributed by atoms with Gasteiger partial charge in [0.25, 0.3) is 0 Å². The van der Waals surface area contributed by atoms with E-state index in [2.05, 4.69) is 25.8 Å². The van der Waals surface area contributed by atoms with E-state index in [1.165, 1.54) is 11.8 Å². The van der Waals surface area contributed by atoms with Crippen LogP contribution in [-0.4, -0.2) is 86.0 Å². The number of hydrogen-bond donors (Lipinski definition) is 0. The number of ether oxygens (including phenoxy) is 1. The number of nitrogens with zero attached hydrogens (tertiary/aromatic N) is 6. The maximum atomic E-state index is 13.0. The van der Waals surface area contributed by atoms with Crippen molar-refractivity contribution in [3.05, 3.63) is 64.8 Å². The normalized spacial score (nSPS) is 16.1. The van der Waals surface area contributed by atoms with Crippen molar-refractivity contribution in [3.8, 4) is 5.75 Å². The van der Waals surface area contributed by atoms with Crippen LogP contribution < -0.4 is 19.4 Å². The lowest BCUT2D eigenvalue weighted by molar-refractivity contribution is -0.128. The summed E-state index contributed by atoms with van der Waals surface area (Å²) in [6.45, 7) is 6.07. The number of carbonyl (C=O) groups excluding carboxylic acids is 1. The highest BCUT2D eigenvalue weighted by molar-refractivity contribution is 7.99. The molecule has 2 aliphatic heterocycles. The Morgan fingerprint density at radius 2 is 1.45 bits per heavy atom. The van der Waals surface area contributed by atoms with Gasteiger partial charge in [0, 0.05) is 58.4 Å². The van der Waals surface area contributed by atoms with E-state index in [4.69, 9.17) is 32.9 Å².